The summed E-state index contributed by atoms with van der Waals surface area (Å²) in [5.74, 6) is -0.0684. The fourth-order valence-corrected chi connectivity index (χ4v) is 1.44. The molecule has 82 valence electrons. The number of hydrogen-bond acceptors (Lipinski definition) is 3. The lowest BCUT2D eigenvalue weighted by molar-refractivity contribution is -0.160. The zero-order valence-electron chi connectivity index (χ0n) is 9.22. The Kier molecular flexibility index (Phi) is 3.17. The molecule has 0 atom stereocenters. The average molecular weight is 200 g/mol. The van der Waals surface area contributed by atoms with E-state index >= 15 is 0 Å². The highest BCUT2D eigenvalue weighted by molar-refractivity contribution is 5.82. The van der Waals surface area contributed by atoms with Crippen molar-refractivity contribution in [2.24, 2.45) is 11.1 Å². The van der Waals surface area contributed by atoms with Crippen molar-refractivity contribution in [1.82, 2.24) is 5.48 Å². The van der Waals surface area contributed by atoms with Gasteiger partial charge < -0.3 is 5.73 Å². The SMILES string of the molecule is CC(C)(C)ONC(=O)C1(CN)CCC1. The molecule has 0 saturated heterocycles. The summed E-state index contributed by atoms with van der Waals surface area (Å²) in [6.45, 7) is 6.09. The minimum Gasteiger partial charge on any atom is -0.329 e. The normalized spacial score (nSPS) is 20.0. The summed E-state index contributed by atoms with van der Waals surface area (Å²) in [5.41, 5.74) is 7.38. The van der Waals surface area contributed by atoms with Gasteiger partial charge in [-0.25, -0.2) is 5.48 Å². The first-order chi connectivity index (χ1) is 6.40. The highest BCUT2D eigenvalue weighted by Crippen LogP contribution is 2.40. The largest absolute Gasteiger partial charge is 0.329 e. The van der Waals surface area contributed by atoms with Crippen LogP contribution in [0.5, 0.6) is 0 Å². The van der Waals surface area contributed by atoms with E-state index in [0.717, 1.165) is 19.3 Å². The number of amides is 1. The van der Waals surface area contributed by atoms with Crippen LogP contribution in [0.3, 0.4) is 0 Å². The number of nitrogens with one attached hydrogen (secondary N) is 1. The molecule has 1 aliphatic carbocycles. The third-order valence-electron chi connectivity index (χ3n) is 2.63. The Morgan fingerprint density at radius 3 is 2.36 bits per heavy atom. The second-order valence-electron chi connectivity index (χ2n) is 4.98. The predicted octanol–water partition coefficient (Wildman–Crippen LogP) is 0.962. The molecule has 1 fully saturated rings. The van der Waals surface area contributed by atoms with Crippen molar-refractivity contribution in [1.29, 1.82) is 0 Å². The van der Waals surface area contributed by atoms with Crippen molar-refractivity contribution in [2.75, 3.05) is 6.54 Å². The summed E-state index contributed by atoms with van der Waals surface area (Å²) >= 11 is 0. The highest BCUT2D eigenvalue weighted by atomic mass is 16.7. The number of carbonyl (C=O) groups is 1. The van der Waals surface area contributed by atoms with Gasteiger partial charge in [0.2, 0.25) is 0 Å². The van der Waals surface area contributed by atoms with Crippen molar-refractivity contribution >= 4 is 5.91 Å². The molecule has 0 aromatic carbocycles. The molecule has 1 amide bonds. The molecule has 0 radical (unpaired) electrons. The van der Waals surface area contributed by atoms with Crippen LogP contribution in [-0.4, -0.2) is 18.1 Å². The van der Waals surface area contributed by atoms with Crippen LogP contribution in [0.4, 0.5) is 0 Å². The smallest absolute Gasteiger partial charge is 0.251 e. The molecular formula is C10H20N2O2. The lowest BCUT2D eigenvalue weighted by Gasteiger charge is -2.39. The van der Waals surface area contributed by atoms with Gasteiger partial charge in [0.25, 0.3) is 5.91 Å². The molecule has 1 rings (SSSR count). The van der Waals surface area contributed by atoms with Crippen molar-refractivity contribution < 1.29 is 9.63 Å². The van der Waals surface area contributed by atoms with E-state index in [-0.39, 0.29) is 16.9 Å². The maximum absolute atomic E-state index is 11.7. The van der Waals surface area contributed by atoms with Gasteiger partial charge in [0, 0.05) is 6.54 Å². The molecule has 0 heterocycles. The van der Waals surface area contributed by atoms with Crippen molar-refractivity contribution in [2.45, 2.75) is 45.6 Å². The number of carbonyl (C=O) groups excluding carboxylic acids is 1. The van der Waals surface area contributed by atoms with Crippen LogP contribution in [0.2, 0.25) is 0 Å². The van der Waals surface area contributed by atoms with Gasteiger partial charge in [-0.15, -0.1) is 0 Å². The van der Waals surface area contributed by atoms with E-state index in [1.165, 1.54) is 0 Å². The van der Waals surface area contributed by atoms with Gasteiger partial charge in [0.15, 0.2) is 0 Å². The van der Waals surface area contributed by atoms with E-state index in [9.17, 15) is 4.79 Å². The minimum atomic E-state index is -0.356. The summed E-state index contributed by atoms with van der Waals surface area (Å²) in [6, 6.07) is 0. The van der Waals surface area contributed by atoms with E-state index in [4.69, 9.17) is 10.6 Å². The first kappa shape index (κ1) is 11.5. The number of hydrogen-bond donors (Lipinski definition) is 2. The van der Waals surface area contributed by atoms with E-state index in [1.807, 2.05) is 20.8 Å². The number of rotatable bonds is 3. The summed E-state index contributed by atoms with van der Waals surface area (Å²) in [5, 5.41) is 0. The fourth-order valence-electron chi connectivity index (χ4n) is 1.44. The topological polar surface area (TPSA) is 64.3 Å². The Morgan fingerprint density at radius 2 is 2.07 bits per heavy atom. The lowest BCUT2D eigenvalue weighted by atomic mass is 9.68. The van der Waals surface area contributed by atoms with Gasteiger partial charge in [-0.1, -0.05) is 6.42 Å². The summed E-state index contributed by atoms with van der Waals surface area (Å²) in [7, 11) is 0. The minimum absolute atomic E-state index is 0.0684. The quantitative estimate of drug-likeness (QED) is 0.667. The van der Waals surface area contributed by atoms with Gasteiger partial charge in [-0.05, 0) is 33.6 Å². The highest BCUT2D eigenvalue weighted by Gasteiger charge is 2.43. The molecule has 14 heavy (non-hydrogen) atoms. The zero-order valence-corrected chi connectivity index (χ0v) is 9.22. The molecule has 1 aliphatic rings. The second-order valence-corrected chi connectivity index (χ2v) is 4.98. The Bertz CT molecular complexity index is 211. The average Bonchev–Trinajstić information content (AvgIpc) is 1.98. The zero-order chi connectivity index (χ0) is 10.8. The van der Waals surface area contributed by atoms with Crippen molar-refractivity contribution in [3.8, 4) is 0 Å². The monoisotopic (exact) mass is 200 g/mol. The molecule has 1 saturated carbocycles. The van der Waals surface area contributed by atoms with Crippen LogP contribution in [0.1, 0.15) is 40.0 Å². The van der Waals surface area contributed by atoms with Crippen LogP contribution in [-0.2, 0) is 9.63 Å². The molecule has 0 aromatic rings. The summed E-state index contributed by atoms with van der Waals surface area (Å²) in [4.78, 5) is 16.9. The van der Waals surface area contributed by atoms with Crippen LogP contribution in [0.15, 0.2) is 0 Å². The first-order valence-electron chi connectivity index (χ1n) is 5.08. The molecule has 3 N–H and O–H groups in total. The Morgan fingerprint density at radius 1 is 1.50 bits per heavy atom. The Labute approximate surface area is 85.1 Å². The number of hydroxylamine groups is 1. The summed E-state index contributed by atoms with van der Waals surface area (Å²) < 4.78 is 0. The molecule has 4 nitrogen and oxygen atoms in total. The summed E-state index contributed by atoms with van der Waals surface area (Å²) in [6.07, 6.45) is 2.84. The van der Waals surface area contributed by atoms with Crippen molar-refractivity contribution in [3.63, 3.8) is 0 Å². The van der Waals surface area contributed by atoms with Crippen LogP contribution >= 0.6 is 0 Å². The van der Waals surface area contributed by atoms with Gasteiger partial charge in [0.05, 0.1) is 11.0 Å². The van der Waals surface area contributed by atoms with Crippen molar-refractivity contribution in [3.05, 3.63) is 0 Å². The van der Waals surface area contributed by atoms with Gasteiger partial charge >= 0.3 is 0 Å². The lowest BCUT2D eigenvalue weighted by Crippen LogP contribution is -2.51. The predicted molar refractivity (Wildman–Crippen MR) is 54.3 cm³/mol. The van der Waals surface area contributed by atoms with E-state index in [2.05, 4.69) is 5.48 Å². The molecule has 0 spiro atoms. The van der Waals surface area contributed by atoms with Gasteiger partial charge in [-0.2, -0.15) is 0 Å². The van der Waals surface area contributed by atoms with Gasteiger partial charge in [-0.3, -0.25) is 9.63 Å². The molecule has 0 aliphatic heterocycles. The van der Waals surface area contributed by atoms with E-state index in [1.54, 1.807) is 0 Å². The third-order valence-corrected chi connectivity index (χ3v) is 2.63. The molecule has 0 aromatic heterocycles. The Hall–Kier alpha value is -0.610. The third kappa shape index (κ3) is 2.45. The molecule has 0 bridgehead atoms. The fraction of sp³-hybridized carbons (Fsp3) is 0.900. The molecule has 0 unspecified atom stereocenters. The first-order valence-corrected chi connectivity index (χ1v) is 5.08. The van der Waals surface area contributed by atoms with Gasteiger partial charge in [0.1, 0.15) is 0 Å². The van der Waals surface area contributed by atoms with E-state index in [0.29, 0.717) is 6.54 Å². The molecule has 4 heteroatoms. The number of nitrogens with two attached hydrogens (primary N) is 1. The van der Waals surface area contributed by atoms with Crippen LogP contribution in [0.25, 0.3) is 0 Å². The maximum atomic E-state index is 11.7. The standard InChI is InChI=1S/C10H20N2O2/c1-9(2,3)14-12-8(13)10(7-11)5-4-6-10/h4-7,11H2,1-3H3,(H,12,13). The van der Waals surface area contributed by atoms with Crippen LogP contribution < -0.4 is 11.2 Å². The maximum Gasteiger partial charge on any atom is 0.251 e. The molecular weight excluding hydrogens is 180 g/mol. The Balaban J connectivity index is 2.42. The second kappa shape index (κ2) is 3.87. The van der Waals surface area contributed by atoms with E-state index < -0.39 is 0 Å². The van der Waals surface area contributed by atoms with Crippen LogP contribution in [0, 0.1) is 5.41 Å².